The van der Waals surface area contributed by atoms with E-state index in [1.54, 1.807) is 71.6 Å². The van der Waals surface area contributed by atoms with Crippen molar-refractivity contribution >= 4 is 68.8 Å². The van der Waals surface area contributed by atoms with Crippen molar-refractivity contribution in [1.82, 2.24) is 38.5 Å². The van der Waals surface area contributed by atoms with Crippen molar-refractivity contribution in [2.45, 2.75) is 6.42 Å². The van der Waals surface area contributed by atoms with Gasteiger partial charge in [0, 0.05) is 85.5 Å². The number of aromatic nitrogens is 4. The van der Waals surface area contributed by atoms with Gasteiger partial charge in [0.2, 0.25) is 0 Å². The summed E-state index contributed by atoms with van der Waals surface area (Å²) in [4.78, 5) is 56.5. The molecule has 0 aromatic carbocycles. The smallest absolute Gasteiger partial charge is 0.277 e. The third-order valence-electron chi connectivity index (χ3n) is 8.33. The second-order valence-electron chi connectivity index (χ2n) is 12.6. The van der Waals surface area contributed by atoms with Crippen LogP contribution in [0.15, 0.2) is 36.8 Å². The number of rotatable bonds is 15. The summed E-state index contributed by atoms with van der Waals surface area (Å²) in [7, 11) is 9.06. The lowest BCUT2D eigenvalue weighted by Crippen LogP contribution is -2.45. The zero-order valence-corrected chi connectivity index (χ0v) is 31.0. The molecule has 6 N–H and O–H groups in total. The Morgan fingerprint density at radius 1 is 0.804 bits per heavy atom. The average molecular weight is 741 g/mol. The molecule has 0 aliphatic carbocycles. The number of nitrogens with one attached hydrogen (secondary N) is 6. The Hall–Kier alpha value is -4.68. The van der Waals surface area contributed by atoms with Crippen molar-refractivity contribution in [1.29, 1.82) is 0 Å². The van der Waals surface area contributed by atoms with Gasteiger partial charge in [-0.25, -0.2) is 0 Å². The van der Waals surface area contributed by atoms with Crippen molar-refractivity contribution in [3.05, 3.63) is 64.6 Å². The van der Waals surface area contributed by atoms with Gasteiger partial charge in [0.25, 0.3) is 23.6 Å². The zero-order valence-electron chi connectivity index (χ0n) is 29.4. The molecule has 0 radical (unpaired) electrons. The fraction of sp³-hybridized carbons (Fsp3) is 0.424. The molecule has 0 atom stereocenters. The molecule has 1 aliphatic rings. The van der Waals surface area contributed by atoms with Gasteiger partial charge in [0.15, 0.2) is 5.69 Å². The summed E-state index contributed by atoms with van der Waals surface area (Å²) < 4.78 is 9.08. The van der Waals surface area contributed by atoms with Gasteiger partial charge in [-0.3, -0.25) is 24.1 Å². The number of nitrogens with zero attached hydrogens (tertiary/aromatic N) is 6. The molecule has 5 heterocycles. The average Bonchev–Trinajstić information content (AvgIpc) is 3.85. The summed E-state index contributed by atoms with van der Waals surface area (Å²) >= 11 is 7.62. The number of hydrogen-bond donors (Lipinski definition) is 6. The zero-order chi connectivity index (χ0) is 36.7. The van der Waals surface area contributed by atoms with Crippen LogP contribution in [0.3, 0.4) is 0 Å². The summed E-state index contributed by atoms with van der Waals surface area (Å²) in [6.45, 7) is 6.86. The summed E-state index contributed by atoms with van der Waals surface area (Å²) in [5.74, 6) is -1.57. The van der Waals surface area contributed by atoms with Gasteiger partial charge in [-0.1, -0.05) is 11.6 Å². The molecule has 0 unspecified atom stereocenters. The molecule has 18 heteroatoms. The summed E-state index contributed by atoms with van der Waals surface area (Å²) in [5.41, 5.74) is 2.34. The summed E-state index contributed by atoms with van der Waals surface area (Å²) in [6, 6.07) is 4.71. The molecule has 1 fully saturated rings. The van der Waals surface area contributed by atoms with Gasteiger partial charge < -0.3 is 50.5 Å². The van der Waals surface area contributed by atoms with E-state index in [9.17, 15) is 19.2 Å². The predicted octanol–water partition coefficient (Wildman–Crippen LogP) is 2.57. The first kappa shape index (κ1) is 37.6. The molecule has 5 rings (SSSR count). The van der Waals surface area contributed by atoms with Crippen LogP contribution in [0.25, 0.3) is 0 Å². The Morgan fingerprint density at radius 3 is 1.84 bits per heavy atom. The third kappa shape index (κ3) is 9.77. The van der Waals surface area contributed by atoms with E-state index in [4.69, 9.17) is 11.6 Å². The first-order valence-electron chi connectivity index (χ1n) is 16.6. The largest absolute Gasteiger partial charge is 0.373 e. The number of halogens is 1. The fourth-order valence-corrected chi connectivity index (χ4v) is 6.69. The maximum atomic E-state index is 13.2. The predicted molar refractivity (Wildman–Crippen MR) is 201 cm³/mol. The normalized spacial score (nSPS) is 13.3. The lowest BCUT2D eigenvalue weighted by atomic mass is 10.3. The van der Waals surface area contributed by atoms with Gasteiger partial charge in [-0.05, 0) is 56.8 Å². The third-order valence-corrected chi connectivity index (χ3v) is 9.61. The minimum Gasteiger partial charge on any atom is -0.373 e. The molecular weight excluding hydrogens is 696 g/mol. The Balaban J connectivity index is 1.14. The molecule has 4 amide bonds. The highest BCUT2D eigenvalue weighted by Gasteiger charge is 2.22. The van der Waals surface area contributed by atoms with Crippen LogP contribution in [0.4, 0.5) is 22.1 Å². The van der Waals surface area contributed by atoms with Crippen LogP contribution in [0.1, 0.15) is 48.4 Å². The number of amides is 4. The van der Waals surface area contributed by atoms with Crippen molar-refractivity contribution < 1.29 is 19.2 Å². The van der Waals surface area contributed by atoms with Gasteiger partial charge in [0.05, 0.1) is 17.1 Å². The number of hydrogen-bond acceptors (Lipinski definition) is 10. The first-order valence-corrected chi connectivity index (χ1v) is 17.7. The first-order chi connectivity index (χ1) is 24.4. The van der Waals surface area contributed by atoms with Crippen molar-refractivity contribution in [2.24, 2.45) is 21.1 Å². The molecule has 274 valence electrons. The molecular formula is C33H45ClN12O4S. The van der Waals surface area contributed by atoms with Crippen LogP contribution in [0, 0.1) is 0 Å². The number of piperazine rings is 1. The van der Waals surface area contributed by atoms with Crippen molar-refractivity contribution in [3.63, 3.8) is 0 Å². The summed E-state index contributed by atoms with van der Waals surface area (Å²) in [5, 5.41) is 18.8. The van der Waals surface area contributed by atoms with E-state index in [2.05, 4.69) is 41.2 Å². The standard InChI is InChI=1S/C33H45ClN12O4S/c1-42(2)11-6-7-36-29(47)24-15-21(18-43(24)3)38-30(48)25-16-22(19-44(25)4)39-31(49)26-17-23(20-45(26)5)40-32(50)28-27(34)33(51-41-28)37-10-14-46-12-8-35-9-13-46/h15-20,35,37H,6-14H2,1-5H3,(H,36,47)(H,38,48)(H,39,49)(H,40,50). The maximum absolute atomic E-state index is 13.2. The number of aryl methyl sites for hydroxylation is 3. The van der Waals surface area contributed by atoms with Gasteiger partial charge in [-0.2, -0.15) is 4.37 Å². The van der Waals surface area contributed by atoms with Crippen LogP contribution >= 0.6 is 23.1 Å². The molecule has 51 heavy (non-hydrogen) atoms. The molecule has 1 saturated heterocycles. The fourth-order valence-electron chi connectivity index (χ4n) is 5.64. The minimum absolute atomic E-state index is 0.0990. The van der Waals surface area contributed by atoms with E-state index in [0.29, 0.717) is 46.5 Å². The molecule has 0 bridgehead atoms. The van der Waals surface area contributed by atoms with E-state index in [1.165, 1.54) is 0 Å². The van der Waals surface area contributed by atoms with Gasteiger partial charge in [0.1, 0.15) is 27.1 Å². The monoisotopic (exact) mass is 740 g/mol. The van der Waals surface area contributed by atoms with Gasteiger partial charge in [-0.15, -0.1) is 0 Å². The molecule has 0 spiro atoms. The maximum Gasteiger partial charge on any atom is 0.277 e. The molecule has 1 aliphatic heterocycles. The van der Waals surface area contributed by atoms with E-state index in [-0.39, 0.29) is 22.3 Å². The highest BCUT2D eigenvalue weighted by atomic mass is 35.5. The van der Waals surface area contributed by atoms with Gasteiger partial charge >= 0.3 is 0 Å². The van der Waals surface area contributed by atoms with E-state index < -0.39 is 17.7 Å². The lowest BCUT2D eigenvalue weighted by Gasteiger charge is -2.27. The number of anilines is 4. The Morgan fingerprint density at radius 2 is 1.31 bits per heavy atom. The topological polar surface area (TPSA) is 175 Å². The quantitative estimate of drug-likeness (QED) is 0.100. The highest BCUT2D eigenvalue weighted by Crippen LogP contribution is 2.31. The summed E-state index contributed by atoms with van der Waals surface area (Å²) in [6.07, 6.45) is 5.72. The SMILES string of the molecule is CN(C)CCCNC(=O)c1cc(NC(=O)c2cc(NC(=O)c3cc(NC(=O)c4nsc(NCCN5CCNCC5)c4Cl)cn3C)cn2C)cn1C. The van der Waals surface area contributed by atoms with Crippen molar-refractivity contribution in [2.75, 3.05) is 87.7 Å². The minimum atomic E-state index is -0.492. The number of carbonyl (C=O) groups excluding carboxylic acids is 4. The van der Waals surface area contributed by atoms with E-state index >= 15 is 0 Å². The second kappa shape index (κ2) is 17.0. The van der Waals surface area contributed by atoms with Crippen LogP contribution in [0.5, 0.6) is 0 Å². The second-order valence-corrected chi connectivity index (χ2v) is 13.8. The highest BCUT2D eigenvalue weighted by molar-refractivity contribution is 7.11. The molecule has 16 nitrogen and oxygen atoms in total. The molecule has 4 aromatic rings. The molecule has 4 aromatic heterocycles. The van der Waals surface area contributed by atoms with Crippen LogP contribution in [0.2, 0.25) is 5.02 Å². The number of carbonyl (C=O) groups is 4. The Bertz CT molecular complexity index is 1870. The van der Waals surface area contributed by atoms with Crippen LogP contribution < -0.4 is 31.9 Å². The molecule has 0 saturated carbocycles. The Labute approximate surface area is 305 Å². The van der Waals surface area contributed by atoms with E-state index in [1.807, 2.05) is 19.0 Å². The lowest BCUT2D eigenvalue weighted by molar-refractivity contribution is 0.0942. The van der Waals surface area contributed by atoms with Crippen LogP contribution in [-0.4, -0.2) is 118 Å². The van der Waals surface area contributed by atoms with Crippen molar-refractivity contribution in [3.8, 4) is 0 Å². The Kier molecular flexibility index (Phi) is 12.5. The van der Waals surface area contributed by atoms with Crippen LogP contribution in [-0.2, 0) is 21.1 Å². The van der Waals surface area contributed by atoms with E-state index in [0.717, 1.165) is 57.2 Å².